The van der Waals surface area contributed by atoms with Crippen molar-refractivity contribution in [1.29, 1.82) is 0 Å². The predicted molar refractivity (Wildman–Crippen MR) is 101 cm³/mol. The molecule has 0 radical (unpaired) electrons. The van der Waals surface area contributed by atoms with Crippen LogP contribution in [0.15, 0.2) is 36.2 Å². The van der Waals surface area contributed by atoms with E-state index in [1.807, 2.05) is 39.9 Å². The number of carbonyl (C=O) groups is 2. The Morgan fingerprint density at radius 3 is 2.73 bits per heavy atom. The summed E-state index contributed by atoms with van der Waals surface area (Å²) in [6.45, 7) is 2.65. The number of rotatable bonds is 3. The Morgan fingerprint density at radius 1 is 1.23 bits per heavy atom. The summed E-state index contributed by atoms with van der Waals surface area (Å²) in [4.78, 5) is 26.3. The van der Waals surface area contributed by atoms with Gasteiger partial charge in [-0.25, -0.2) is 0 Å². The number of benzene rings is 1. The fraction of sp³-hybridized carbons (Fsp3) is 0.278. The highest BCUT2D eigenvalue weighted by Gasteiger charge is 2.22. The van der Waals surface area contributed by atoms with Gasteiger partial charge in [0.25, 0.3) is 5.91 Å². The summed E-state index contributed by atoms with van der Waals surface area (Å²) < 4.78 is 7.23. The minimum absolute atomic E-state index is 0.0613. The second-order valence-electron chi connectivity index (χ2n) is 6.19. The number of para-hydroxylation sites is 1. The first-order chi connectivity index (χ1) is 12.6. The number of nitrogens with zero attached hydrogens (tertiary/aromatic N) is 2. The van der Waals surface area contributed by atoms with E-state index in [0.29, 0.717) is 37.1 Å². The van der Waals surface area contributed by atoms with Crippen molar-refractivity contribution in [3.8, 4) is 0 Å². The van der Waals surface area contributed by atoms with Crippen molar-refractivity contribution in [1.82, 2.24) is 20.1 Å². The molecule has 134 valence electrons. The molecule has 2 saturated heterocycles. The molecule has 1 aromatic heterocycles. The lowest BCUT2D eigenvalue weighted by Crippen LogP contribution is -2.42. The molecule has 0 unspecified atom stereocenters. The van der Waals surface area contributed by atoms with E-state index in [1.165, 1.54) is 0 Å². The standard InChI is InChI=1S/C18H18N4O3S/c23-16(21-5-7-25-8-6-21)11-22-10-12(13-3-1-2-4-15(13)22)9-14-17(24)20-18(26)19-14/h1-4,9-10H,5-8,11H2,(H2,19,20,24,26)/b14-9-. The number of aromatic nitrogens is 1. The lowest BCUT2D eigenvalue weighted by Gasteiger charge is -2.27. The minimum atomic E-state index is -0.253. The number of nitrogens with one attached hydrogen (secondary N) is 2. The third-order valence-electron chi connectivity index (χ3n) is 4.51. The predicted octanol–water partition coefficient (Wildman–Crippen LogP) is 0.845. The zero-order chi connectivity index (χ0) is 18.1. The maximum atomic E-state index is 12.6. The molecule has 7 nitrogen and oxygen atoms in total. The number of hydrogen-bond donors (Lipinski definition) is 2. The number of thiocarbonyl (C=S) groups is 1. The number of fused-ring (bicyclic) bond motifs is 1. The van der Waals surface area contributed by atoms with Gasteiger partial charge in [0.1, 0.15) is 12.2 Å². The van der Waals surface area contributed by atoms with Gasteiger partial charge in [-0.05, 0) is 24.4 Å². The van der Waals surface area contributed by atoms with Crippen LogP contribution in [0.5, 0.6) is 0 Å². The molecule has 1 aromatic carbocycles. The van der Waals surface area contributed by atoms with Crippen molar-refractivity contribution in [3.63, 3.8) is 0 Å². The second kappa shape index (κ2) is 6.89. The quantitative estimate of drug-likeness (QED) is 0.619. The highest BCUT2D eigenvalue weighted by Crippen LogP contribution is 2.24. The summed E-state index contributed by atoms with van der Waals surface area (Å²) >= 11 is 4.97. The Hall–Kier alpha value is -2.71. The lowest BCUT2D eigenvalue weighted by molar-refractivity contribution is -0.135. The molecular weight excluding hydrogens is 352 g/mol. The monoisotopic (exact) mass is 370 g/mol. The van der Waals surface area contributed by atoms with Crippen molar-refractivity contribution in [2.45, 2.75) is 6.54 Å². The van der Waals surface area contributed by atoms with Crippen molar-refractivity contribution in [2.75, 3.05) is 26.3 Å². The summed E-state index contributed by atoms with van der Waals surface area (Å²) in [6.07, 6.45) is 3.65. The summed E-state index contributed by atoms with van der Waals surface area (Å²) in [5, 5.41) is 6.68. The van der Waals surface area contributed by atoms with Crippen molar-refractivity contribution < 1.29 is 14.3 Å². The van der Waals surface area contributed by atoms with Gasteiger partial charge in [0.05, 0.1) is 13.2 Å². The number of morpholine rings is 1. The largest absolute Gasteiger partial charge is 0.378 e. The van der Waals surface area contributed by atoms with E-state index in [0.717, 1.165) is 16.5 Å². The maximum Gasteiger partial charge on any atom is 0.273 e. The molecule has 26 heavy (non-hydrogen) atoms. The van der Waals surface area contributed by atoms with Gasteiger partial charge in [-0.15, -0.1) is 0 Å². The molecule has 0 spiro atoms. The van der Waals surface area contributed by atoms with E-state index in [1.54, 1.807) is 6.08 Å². The van der Waals surface area contributed by atoms with Gasteiger partial charge in [-0.1, -0.05) is 18.2 Å². The fourth-order valence-electron chi connectivity index (χ4n) is 3.22. The highest BCUT2D eigenvalue weighted by molar-refractivity contribution is 7.80. The van der Waals surface area contributed by atoms with E-state index in [-0.39, 0.29) is 18.4 Å². The van der Waals surface area contributed by atoms with Gasteiger partial charge in [0, 0.05) is 35.8 Å². The van der Waals surface area contributed by atoms with Crippen LogP contribution in [0.25, 0.3) is 17.0 Å². The Balaban J connectivity index is 1.66. The van der Waals surface area contributed by atoms with Crippen LogP contribution in [0, 0.1) is 0 Å². The molecule has 0 saturated carbocycles. The van der Waals surface area contributed by atoms with Gasteiger partial charge in [-0.2, -0.15) is 0 Å². The van der Waals surface area contributed by atoms with Crippen LogP contribution in [0.1, 0.15) is 5.56 Å². The molecule has 2 aliphatic heterocycles. The number of ether oxygens (including phenoxy) is 1. The number of hydrogen-bond acceptors (Lipinski definition) is 4. The molecule has 4 rings (SSSR count). The van der Waals surface area contributed by atoms with Crippen LogP contribution in [0.3, 0.4) is 0 Å². The molecule has 2 aromatic rings. The van der Waals surface area contributed by atoms with Crippen molar-refractivity contribution in [2.24, 2.45) is 0 Å². The van der Waals surface area contributed by atoms with Crippen LogP contribution >= 0.6 is 12.2 Å². The summed E-state index contributed by atoms with van der Waals surface area (Å²) in [6, 6.07) is 7.81. The first-order valence-electron chi connectivity index (χ1n) is 8.39. The van der Waals surface area contributed by atoms with E-state index in [4.69, 9.17) is 17.0 Å². The van der Waals surface area contributed by atoms with Gasteiger partial charge < -0.3 is 19.5 Å². The molecule has 0 atom stereocenters. The number of amides is 2. The minimum Gasteiger partial charge on any atom is -0.378 e. The van der Waals surface area contributed by atoms with Crippen molar-refractivity contribution >= 4 is 46.1 Å². The Bertz CT molecular complexity index is 928. The van der Waals surface area contributed by atoms with Crippen LogP contribution in [0.4, 0.5) is 0 Å². The summed E-state index contributed by atoms with van der Waals surface area (Å²) in [5.74, 6) is -0.192. The molecule has 2 fully saturated rings. The van der Waals surface area contributed by atoms with Crippen LogP contribution in [0.2, 0.25) is 0 Å². The van der Waals surface area contributed by atoms with Gasteiger partial charge >= 0.3 is 0 Å². The molecule has 3 heterocycles. The van der Waals surface area contributed by atoms with Crippen LogP contribution in [-0.4, -0.2) is 52.7 Å². The zero-order valence-corrected chi connectivity index (χ0v) is 14.8. The second-order valence-corrected chi connectivity index (χ2v) is 6.60. The number of carbonyl (C=O) groups excluding carboxylic acids is 2. The maximum absolute atomic E-state index is 12.6. The van der Waals surface area contributed by atoms with E-state index >= 15 is 0 Å². The molecule has 0 aliphatic carbocycles. The van der Waals surface area contributed by atoms with Gasteiger partial charge in [0.2, 0.25) is 5.91 Å². The Morgan fingerprint density at radius 2 is 2.00 bits per heavy atom. The topological polar surface area (TPSA) is 75.6 Å². The summed E-state index contributed by atoms with van der Waals surface area (Å²) in [5.41, 5.74) is 2.21. The average Bonchev–Trinajstić information content (AvgIpc) is 3.16. The molecule has 2 N–H and O–H groups in total. The lowest BCUT2D eigenvalue weighted by atomic mass is 10.1. The molecular formula is C18H18N4O3S. The first kappa shape index (κ1) is 16.7. The Labute approximate surface area is 155 Å². The first-order valence-corrected chi connectivity index (χ1v) is 8.80. The third kappa shape index (κ3) is 3.21. The molecule has 8 heteroatoms. The SMILES string of the molecule is O=C1NC(=S)N/C1=C\c1cn(CC(=O)N2CCOCC2)c2ccccc12. The van der Waals surface area contributed by atoms with Crippen molar-refractivity contribution in [3.05, 3.63) is 41.7 Å². The normalized spacial score (nSPS) is 19.1. The van der Waals surface area contributed by atoms with Gasteiger partial charge in [0.15, 0.2) is 5.11 Å². The third-order valence-corrected chi connectivity index (χ3v) is 4.71. The van der Waals surface area contributed by atoms with E-state index in [9.17, 15) is 9.59 Å². The average molecular weight is 370 g/mol. The van der Waals surface area contributed by atoms with Crippen LogP contribution in [-0.2, 0) is 20.9 Å². The summed E-state index contributed by atoms with van der Waals surface area (Å²) in [7, 11) is 0. The molecule has 0 bridgehead atoms. The molecule has 2 aliphatic rings. The Kier molecular flexibility index (Phi) is 4.44. The smallest absolute Gasteiger partial charge is 0.273 e. The molecule has 2 amide bonds. The fourth-order valence-corrected chi connectivity index (χ4v) is 3.42. The van der Waals surface area contributed by atoms with Gasteiger partial charge in [-0.3, -0.25) is 14.9 Å². The van der Waals surface area contributed by atoms with E-state index < -0.39 is 0 Å². The zero-order valence-electron chi connectivity index (χ0n) is 14.0. The van der Waals surface area contributed by atoms with Crippen LogP contribution < -0.4 is 10.6 Å². The highest BCUT2D eigenvalue weighted by atomic mass is 32.1. The van der Waals surface area contributed by atoms with E-state index in [2.05, 4.69) is 10.6 Å².